The molecule has 0 N–H and O–H groups in total. The Labute approximate surface area is 179 Å². The monoisotopic (exact) mass is 451 g/mol. The third-order valence-corrected chi connectivity index (χ3v) is 4.93. The van der Waals surface area contributed by atoms with E-state index in [2.05, 4.69) is 15.0 Å². The fourth-order valence-corrected chi connectivity index (χ4v) is 3.14. The zero-order chi connectivity index (χ0) is 23.0. The van der Waals surface area contributed by atoms with Crippen molar-refractivity contribution in [3.63, 3.8) is 0 Å². The molecule has 8 nitrogen and oxygen atoms in total. The number of nitrogens with zero attached hydrogens (tertiary/aromatic N) is 5. The zero-order valence-corrected chi connectivity index (χ0v) is 16.9. The lowest BCUT2D eigenvalue weighted by Gasteiger charge is -2.16. The van der Waals surface area contributed by atoms with Gasteiger partial charge in [-0.25, -0.2) is 19.2 Å². The maximum atomic E-state index is 14.4. The first kappa shape index (κ1) is 21.5. The van der Waals surface area contributed by atoms with E-state index in [9.17, 15) is 22.4 Å². The van der Waals surface area contributed by atoms with Crippen LogP contribution >= 0.6 is 0 Å². The molecule has 0 spiro atoms. The highest BCUT2D eigenvalue weighted by atomic mass is 19.4. The minimum Gasteiger partial charge on any atom is -0.473 e. The highest BCUT2D eigenvalue weighted by molar-refractivity contribution is 5.45. The van der Waals surface area contributed by atoms with E-state index < -0.39 is 23.5 Å². The summed E-state index contributed by atoms with van der Waals surface area (Å²) in [6.45, 7) is 2.46. The Balaban J connectivity index is 1.43. The Morgan fingerprint density at radius 1 is 1.19 bits per heavy atom. The highest BCUT2D eigenvalue weighted by Gasteiger charge is 2.34. The topological polar surface area (TPSA) is 82.4 Å². The first-order valence-corrected chi connectivity index (χ1v) is 9.45. The summed E-state index contributed by atoms with van der Waals surface area (Å²) in [6.07, 6.45) is -3.07. The maximum absolute atomic E-state index is 14.4. The van der Waals surface area contributed by atoms with Crippen LogP contribution in [0.2, 0.25) is 0 Å². The summed E-state index contributed by atoms with van der Waals surface area (Å²) >= 11 is 0. The summed E-state index contributed by atoms with van der Waals surface area (Å²) in [5.74, 6) is -1.66. The van der Waals surface area contributed by atoms with E-state index in [0.29, 0.717) is 17.9 Å². The van der Waals surface area contributed by atoms with Crippen molar-refractivity contribution >= 4 is 5.82 Å². The third-order valence-electron chi connectivity index (χ3n) is 4.93. The fraction of sp³-hybridized carbons (Fsp3) is 0.300. The Kier molecular flexibility index (Phi) is 5.45. The first-order valence-electron chi connectivity index (χ1n) is 9.45. The lowest BCUT2D eigenvalue weighted by Crippen LogP contribution is -2.23. The van der Waals surface area contributed by atoms with Gasteiger partial charge in [0.25, 0.3) is 0 Å². The summed E-state index contributed by atoms with van der Waals surface area (Å²) in [4.78, 5) is 24.3. The number of halogens is 4. The van der Waals surface area contributed by atoms with Crippen LogP contribution in [0.25, 0.3) is 0 Å². The summed E-state index contributed by atoms with van der Waals surface area (Å²) in [5, 5.41) is 0. The third kappa shape index (κ3) is 4.34. The van der Waals surface area contributed by atoms with Crippen LogP contribution in [0.3, 0.4) is 0 Å². The van der Waals surface area contributed by atoms with Gasteiger partial charge in [0.15, 0.2) is 17.3 Å². The molecule has 3 aromatic rings. The van der Waals surface area contributed by atoms with Crippen LogP contribution < -0.4 is 20.1 Å². The van der Waals surface area contributed by atoms with Crippen LogP contribution in [-0.2, 0) is 19.3 Å². The van der Waals surface area contributed by atoms with Crippen molar-refractivity contribution in [1.82, 2.24) is 19.5 Å². The summed E-state index contributed by atoms with van der Waals surface area (Å²) in [7, 11) is 1.86. The Hall–Kier alpha value is -3.70. The Bertz CT molecular complexity index is 1200. The highest BCUT2D eigenvalue weighted by Crippen LogP contribution is 2.29. The van der Waals surface area contributed by atoms with E-state index in [-0.39, 0.29) is 30.0 Å². The molecule has 0 saturated carbocycles. The molecule has 32 heavy (non-hydrogen) atoms. The van der Waals surface area contributed by atoms with Crippen LogP contribution in [0.5, 0.6) is 17.4 Å². The molecule has 1 aliphatic heterocycles. The molecule has 0 saturated heterocycles. The predicted molar refractivity (Wildman–Crippen MR) is 104 cm³/mol. The average molecular weight is 451 g/mol. The molecule has 4 rings (SSSR count). The van der Waals surface area contributed by atoms with Crippen LogP contribution in [0.1, 0.15) is 18.3 Å². The molecule has 168 valence electrons. The SMILES string of the molecule is CC1Cn2c(cc(OCc3ccc(Oc4cnc(C(F)(F)F)nc4)c(F)c3)nc2=O)N1C. The van der Waals surface area contributed by atoms with Gasteiger partial charge in [-0.15, -0.1) is 0 Å². The second kappa shape index (κ2) is 8.09. The summed E-state index contributed by atoms with van der Waals surface area (Å²) < 4.78 is 64.2. The van der Waals surface area contributed by atoms with Gasteiger partial charge in [-0.1, -0.05) is 6.07 Å². The quantitative estimate of drug-likeness (QED) is 0.550. The molecule has 12 heteroatoms. The van der Waals surface area contributed by atoms with E-state index in [1.807, 2.05) is 18.9 Å². The Morgan fingerprint density at radius 3 is 2.56 bits per heavy atom. The molecule has 2 aromatic heterocycles. The number of benzene rings is 1. The van der Waals surface area contributed by atoms with Gasteiger partial charge < -0.3 is 14.4 Å². The Morgan fingerprint density at radius 2 is 1.91 bits per heavy atom. The molecule has 0 aliphatic carbocycles. The number of alkyl halides is 3. The second-order valence-corrected chi connectivity index (χ2v) is 7.20. The molecular formula is C20H17F4N5O3. The van der Waals surface area contributed by atoms with Gasteiger partial charge in [0.05, 0.1) is 12.4 Å². The van der Waals surface area contributed by atoms with Crippen molar-refractivity contribution in [2.24, 2.45) is 0 Å². The van der Waals surface area contributed by atoms with Gasteiger partial charge in [-0.3, -0.25) is 4.57 Å². The number of hydrogen-bond donors (Lipinski definition) is 0. The summed E-state index contributed by atoms with van der Waals surface area (Å²) in [5.41, 5.74) is 0.00466. The standard InChI is InChI=1S/C20H17F4N5O3/c1-11-9-29-17(28(11)2)6-16(27-19(29)30)31-10-12-3-4-15(14(21)5-12)32-13-7-25-18(26-8-13)20(22,23)24/h3-8,11H,9-10H2,1-2H3. The lowest BCUT2D eigenvalue weighted by molar-refractivity contribution is -0.145. The lowest BCUT2D eigenvalue weighted by atomic mass is 10.2. The number of likely N-dealkylation sites (N-methyl/N-ethyl adjacent to an activating group) is 1. The van der Waals surface area contributed by atoms with E-state index in [1.165, 1.54) is 12.1 Å². The van der Waals surface area contributed by atoms with Crippen LogP contribution in [0, 0.1) is 5.82 Å². The number of aromatic nitrogens is 4. The molecule has 0 amide bonds. The van der Waals surface area contributed by atoms with Crippen LogP contribution in [0.15, 0.2) is 41.5 Å². The predicted octanol–water partition coefficient (Wildman–Crippen LogP) is 3.40. The smallest absolute Gasteiger partial charge is 0.451 e. The largest absolute Gasteiger partial charge is 0.473 e. The van der Waals surface area contributed by atoms with Crippen molar-refractivity contribution < 1.29 is 27.0 Å². The van der Waals surface area contributed by atoms with E-state index >= 15 is 0 Å². The van der Waals surface area contributed by atoms with Crippen LogP contribution in [-0.4, -0.2) is 32.6 Å². The van der Waals surface area contributed by atoms with E-state index in [4.69, 9.17) is 9.47 Å². The van der Waals surface area contributed by atoms with Crippen molar-refractivity contribution in [3.05, 3.63) is 64.3 Å². The van der Waals surface area contributed by atoms with Crippen molar-refractivity contribution in [1.29, 1.82) is 0 Å². The van der Waals surface area contributed by atoms with Gasteiger partial charge in [0.1, 0.15) is 12.4 Å². The van der Waals surface area contributed by atoms with E-state index in [1.54, 1.807) is 10.6 Å². The van der Waals surface area contributed by atoms with Gasteiger partial charge in [0.2, 0.25) is 11.7 Å². The molecular weight excluding hydrogens is 434 g/mol. The molecule has 1 aromatic carbocycles. The van der Waals surface area contributed by atoms with Gasteiger partial charge in [-0.2, -0.15) is 18.2 Å². The minimum absolute atomic E-state index is 0.0598. The molecule has 0 fully saturated rings. The van der Waals surface area contributed by atoms with Crippen LogP contribution in [0.4, 0.5) is 23.4 Å². The number of anilines is 1. The number of hydrogen-bond acceptors (Lipinski definition) is 7. The van der Waals surface area contributed by atoms with Crippen molar-refractivity contribution in [2.45, 2.75) is 32.3 Å². The molecule has 1 unspecified atom stereocenters. The molecule has 0 radical (unpaired) electrons. The van der Waals surface area contributed by atoms with Crippen molar-refractivity contribution in [2.75, 3.05) is 11.9 Å². The molecule has 3 heterocycles. The fourth-order valence-electron chi connectivity index (χ4n) is 3.14. The molecule has 1 aliphatic rings. The molecule has 1 atom stereocenters. The second-order valence-electron chi connectivity index (χ2n) is 7.20. The maximum Gasteiger partial charge on any atom is 0.451 e. The van der Waals surface area contributed by atoms with E-state index in [0.717, 1.165) is 18.5 Å². The van der Waals surface area contributed by atoms with Crippen molar-refractivity contribution in [3.8, 4) is 17.4 Å². The summed E-state index contributed by atoms with van der Waals surface area (Å²) in [6, 6.07) is 5.75. The molecule has 0 bridgehead atoms. The normalized spacial score (nSPS) is 15.6. The zero-order valence-electron chi connectivity index (χ0n) is 16.9. The first-order chi connectivity index (χ1) is 15.1. The number of rotatable bonds is 5. The van der Waals surface area contributed by atoms with Gasteiger partial charge in [-0.05, 0) is 24.6 Å². The average Bonchev–Trinajstić information content (AvgIpc) is 3.03. The number of fused-ring (bicyclic) bond motifs is 1. The van der Waals surface area contributed by atoms with Gasteiger partial charge in [0, 0.05) is 25.7 Å². The van der Waals surface area contributed by atoms with Gasteiger partial charge >= 0.3 is 11.9 Å². The number of ether oxygens (including phenoxy) is 2. The minimum atomic E-state index is -4.68.